The molecule has 23 heavy (non-hydrogen) atoms. The average Bonchev–Trinajstić information content (AvgIpc) is 3.27. The zero-order chi connectivity index (χ0) is 16.9. The van der Waals surface area contributed by atoms with Crippen molar-refractivity contribution in [3.8, 4) is 0 Å². The lowest BCUT2D eigenvalue weighted by atomic mass is 9.82. The average molecular weight is 320 g/mol. The number of hydrogen-bond donors (Lipinski definition) is 2. The molecule has 0 aromatic heterocycles. The molecule has 2 rings (SSSR count). The Kier molecular flexibility index (Phi) is 6.40. The summed E-state index contributed by atoms with van der Waals surface area (Å²) in [5.41, 5.74) is 5.56. The lowest BCUT2D eigenvalue weighted by Crippen LogP contribution is -2.20. The fraction of sp³-hybridized carbons (Fsp3) is 0.789. The summed E-state index contributed by atoms with van der Waals surface area (Å²) in [6, 6.07) is 0. The summed E-state index contributed by atoms with van der Waals surface area (Å²) >= 11 is 0. The summed E-state index contributed by atoms with van der Waals surface area (Å²) in [5, 5.41) is 9.71. The second-order valence-electron chi connectivity index (χ2n) is 7.46. The number of nitrogens with zero attached hydrogens (tertiary/aromatic N) is 1. The van der Waals surface area contributed by atoms with Crippen molar-refractivity contribution in [1.82, 2.24) is 0 Å². The van der Waals surface area contributed by atoms with Crippen molar-refractivity contribution in [3.63, 3.8) is 0 Å². The van der Waals surface area contributed by atoms with Gasteiger partial charge in [0.15, 0.2) is 0 Å². The van der Waals surface area contributed by atoms with Gasteiger partial charge in [0, 0.05) is 6.21 Å². The van der Waals surface area contributed by atoms with Crippen LogP contribution in [-0.2, 0) is 4.79 Å². The first kappa shape index (κ1) is 18.2. The van der Waals surface area contributed by atoms with E-state index in [1.54, 1.807) is 0 Å². The molecule has 4 heteroatoms. The van der Waals surface area contributed by atoms with E-state index in [0.29, 0.717) is 13.0 Å². The van der Waals surface area contributed by atoms with E-state index in [4.69, 9.17) is 5.73 Å². The molecule has 2 unspecified atom stereocenters. The molecule has 0 amide bonds. The summed E-state index contributed by atoms with van der Waals surface area (Å²) in [6.07, 6.45) is 12.5. The molecule has 2 fully saturated rings. The highest BCUT2D eigenvalue weighted by molar-refractivity contribution is 5.83. The van der Waals surface area contributed by atoms with Crippen LogP contribution in [0.2, 0.25) is 0 Å². The van der Waals surface area contributed by atoms with Crippen LogP contribution < -0.4 is 5.73 Å². The van der Waals surface area contributed by atoms with Crippen LogP contribution in [-0.4, -0.2) is 23.8 Å². The smallest absolute Gasteiger partial charge is 0.316 e. The molecule has 130 valence electrons. The van der Waals surface area contributed by atoms with Crippen molar-refractivity contribution in [2.24, 2.45) is 33.9 Å². The van der Waals surface area contributed by atoms with Gasteiger partial charge in [0.25, 0.3) is 0 Å². The summed E-state index contributed by atoms with van der Waals surface area (Å²) in [7, 11) is 0. The molecule has 0 aromatic carbocycles. The van der Waals surface area contributed by atoms with Gasteiger partial charge in [-0.3, -0.25) is 9.79 Å². The van der Waals surface area contributed by atoms with Crippen LogP contribution in [0.1, 0.15) is 65.2 Å². The van der Waals surface area contributed by atoms with Crippen LogP contribution in [0.5, 0.6) is 0 Å². The third kappa shape index (κ3) is 4.23. The minimum atomic E-state index is -0.749. The molecule has 0 radical (unpaired) electrons. The minimum Gasteiger partial charge on any atom is -0.481 e. The number of nitrogens with two attached hydrogens (primary N) is 1. The zero-order valence-corrected chi connectivity index (χ0v) is 14.6. The molecule has 0 spiro atoms. The second-order valence-corrected chi connectivity index (χ2v) is 7.46. The van der Waals surface area contributed by atoms with Crippen molar-refractivity contribution in [2.75, 3.05) is 6.54 Å². The number of rotatable bonds is 8. The van der Waals surface area contributed by atoms with E-state index in [1.165, 1.54) is 25.7 Å². The van der Waals surface area contributed by atoms with E-state index in [2.05, 4.69) is 11.9 Å². The number of carboxylic acids is 1. The highest BCUT2D eigenvalue weighted by Gasteiger charge is 2.62. The molecule has 2 aliphatic rings. The predicted molar refractivity (Wildman–Crippen MR) is 94.5 cm³/mol. The molecule has 0 heterocycles. The largest absolute Gasteiger partial charge is 0.481 e. The van der Waals surface area contributed by atoms with Crippen molar-refractivity contribution < 1.29 is 9.90 Å². The van der Waals surface area contributed by atoms with Gasteiger partial charge >= 0.3 is 5.97 Å². The molecule has 2 saturated carbocycles. The van der Waals surface area contributed by atoms with Gasteiger partial charge in [-0.05, 0) is 69.7 Å². The Morgan fingerprint density at radius 2 is 2.04 bits per heavy atom. The minimum absolute atomic E-state index is 0.197. The van der Waals surface area contributed by atoms with E-state index >= 15 is 0 Å². The van der Waals surface area contributed by atoms with Gasteiger partial charge in [0.1, 0.15) is 5.41 Å². The number of aliphatic carboxylic acids is 1. The Bertz CT molecular complexity index is 464. The van der Waals surface area contributed by atoms with Crippen molar-refractivity contribution in [1.29, 1.82) is 0 Å². The number of carboxylic acid groups (broad SMARTS) is 1. The third-order valence-corrected chi connectivity index (χ3v) is 5.78. The maximum atomic E-state index is 11.8. The van der Waals surface area contributed by atoms with Crippen molar-refractivity contribution in [3.05, 3.63) is 11.8 Å². The Balaban J connectivity index is 1.93. The molecule has 2 atom stereocenters. The summed E-state index contributed by atoms with van der Waals surface area (Å²) in [5.74, 6) is 1.05. The van der Waals surface area contributed by atoms with Gasteiger partial charge in [-0.15, -0.1) is 0 Å². The number of allylic oxidation sites excluding steroid dienone is 1. The van der Waals surface area contributed by atoms with Crippen LogP contribution in [0, 0.1) is 23.2 Å². The van der Waals surface area contributed by atoms with Crippen LogP contribution in [0.3, 0.4) is 0 Å². The van der Waals surface area contributed by atoms with Gasteiger partial charge in [-0.2, -0.15) is 0 Å². The summed E-state index contributed by atoms with van der Waals surface area (Å²) in [4.78, 5) is 16.4. The zero-order valence-electron chi connectivity index (χ0n) is 14.6. The molecule has 0 aromatic rings. The third-order valence-electron chi connectivity index (χ3n) is 5.78. The first-order chi connectivity index (χ1) is 11.0. The van der Waals surface area contributed by atoms with E-state index in [9.17, 15) is 9.90 Å². The van der Waals surface area contributed by atoms with Crippen LogP contribution in [0.25, 0.3) is 0 Å². The summed E-state index contributed by atoms with van der Waals surface area (Å²) < 4.78 is 0. The summed E-state index contributed by atoms with van der Waals surface area (Å²) in [6.45, 7) is 4.85. The van der Waals surface area contributed by atoms with Gasteiger partial charge in [-0.1, -0.05) is 25.8 Å². The maximum absolute atomic E-state index is 11.8. The molecule has 0 bridgehead atoms. The molecule has 2 aliphatic carbocycles. The standard InChI is InChI=1S/C19H32N2O2/c1-3-17(19(18(22)23)13-16(19)5-4-11-20)21-12-10-15-8-6-14(2)7-9-15/h3,12,14-16H,4-11,13,20H2,1-2H3,(H,22,23)/b17-3-,21-12?. The SMILES string of the molecule is C/C=C(\N=CCC1CCC(C)CC1)C1(C(=O)O)CC1CCCN. The van der Waals surface area contributed by atoms with E-state index in [0.717, 1.165) is 36.8 Å². The topological polar surface area (TPSA) is 75.7 Å². The monoisotopic (exact) mass is 320 g/mol. The lowest BCUT2D eigenvalue weighted by molar-refractivity contribution is -0.142. The normalized spacial score (nSPS) is 34.7. The Labute approximate surface area is 140 Å². The van der Waals surface area contributed by atoms with E-state index < -0.39 is 11.4 Å². The Morgan fingerprint density at radius 1 is 1.35 bits per heavy atom. The molecule has 0 aliphatic heterocycles. The lowest BCUT2D eigenvalue weighted by Gasteiger charge is -2.24. The highest BCUT2D eigenvalue weighted by Crippen LogP contribution is 2.60. The van der Waals surface area contributed by atoms with Gasteiger partial charge in [0.05, 0.1) is 5.70 Å². The first-order valence-corrected chi connectivity index (χ1v) is 9.17. The fourth-order valence-electron chi connectivity index (χ4n) is 4.04. The van der Waals surface area contributed by atoms with Gasteiger partial charge in [0.2, 0.25) is 0 Å². The Morgan fingerprint density at radius 3 is 2.61 bits per heavy atom. The highest BCUT2D eigenvalue weighted by atomic mass is 16.4. The predicted octanol–water partition coefficient (Wildman–Crippen LogP) is 4.01. The van der Waals surface area contributed by atoms with Crippen molar-refractivity contribution >= 4 is 12.2 Å². The number of hydrogen-bond acceptors (Lipinski definition) is 3. The van der Waals surface area contributed by atoms with Crippen LogP contribution in [0.15, 0.2) is 16.8 Å². The van der Waals surface area contributed by atoms with Gasteiger partial charge in [-0.25, -0.2) is 0 Å². The molecule has 3 N–H and O–H groups in total. The number of carbonyl (C=O) groups is 1. The molecule has 4 nitrogen and oxygen atoms in total. The fourth-order valence-corrected chi connectivity index (χ4v) is 4.04. The van der Waals surface area contributed by atoms with E-state index in [1.807, 2.05) is 19.2 Å². The van der Waals surface area contributed by atoms with Crippen LogP contribution >= 0.6 is 0 Å². The quantitative estimate of drug-likeness (QED) is 0.664. The number of aliphatic imine (C=N–C) groups is 1. The maximum Gasteiger partial charge on any atom is 0.316 e. The van der Waals surface area contributed by atoms with Gasteiger partial charge < -0.3 is 10.8 Å². The Hall–Kier alpha value is -1.16. The second kappa shape index (κ2) is 8.09. The molecular weight excluding hydrogens is 288 g/mol. The molecule has 0 saturated heterocycles. The molecular formula is C19H32N2O2. The first-order valence-electron chi connectivity index (χ1n) is 9.17. The van der Waals surface area contributed by atoms with Crippen molar-refractivity contribution in [2.45, 2.75) is 65.2 Å². The van der Waals surface area contributed by atoms with Crippen LogP contribution in [0.4, 0.5) is 0 Å². The van der Waals surface area contributed by atoms with E-state index in [-0.39, 0.29) is 5.92 Å².